The second-order valence-electron chi connectivity index (χ2n) is 6.02. The number of benzene rings is 1. The molecule has 0 aliphatic heterocycles. The van der Waals surface area contributed by atoms with Crippen molar-refractivity contribution < 1.29 is 13.0 Å². The minimum Gasteiger partial charge on any atom is -0.322 e. The van der Waals surface area contributed by atoms with Gasteiger partial charge in [-0.15, -0.1) is 6.42 Å². The maximum atomic E-state index is 12.6. The van der Waals surface area contributed by atoms with Crippen LogP contribution in [0.15, 0.2) is 38.8 Å². The molecular weight excluding hydrogens is 384 g/mol. The second kappa shape index (κ2) is 6.95. The summed E-state index contributed by atoms with van der Waals surface area (Å²) in [6.45, 7) is -0.141. The Morgan fingerprint density at radius 2 is 1.79 bits per heavy atom. The first kappa shape index (κ1) is 19.3. The van der Waals surface area contributed by atoms with Crippen LogP contribution >= 0.6 is 0 Å². The molecule has 28 heavy (non-hydrogen) atoms. The van der Waals surface area contributed by atoms with Crippen molar-refractivity contribution in [2.24, 2.45) is 14.1 Å². The Labute approximate surface area is 159 Å². The Hall–Kier alpha value is -3.42. The third-order valence-corrected chi connectivity index (χ3v) is 5.11. The first-order chi connectivity index (χ1) is 13.1. The summed E-state index contributed by atoms with van der Waals surface area (Å²) in [7, 11) is -1.11. The minimum absolute atomic E-state index is 0.141. The third-order valence-electron chi connectivity index (χ3n) is 4.25. The van der Waals surface area contributed by atoms with Gasteiger partial charge in [-0.05, 0) is 23.8 Å². The molecule has 10 heteroatoms. The third kappa shape index (κ3) is 3.28. The smallest absolute Gasteiger partial charge is 0.322 e. The van der Waals surface area contributed by atoms with Crippen LogP contribution in [0.2, 0.25) is 0 Å². The predicted molar refractivity (Wildman–Crippen MR) is 104 cm³/mol. The number of imidazole rings is 1. The molecule has 9 nitrogen and oxygen atoms in total. The lowest BCUT2D eigenvalue weighted by Crippen LogP contribution is -2.39. The minimum atomic E-state index is -4.26. The maximum absolute atomic E-state index is 12.6. The van der Waals surface area contributed by atoms with Crippen LogP contribution in [-0.4, -0.2) is 31.7 Å². The van der Waals surface area contributed by atoms with Crippen molar-refractivity contribution in [3.05, 3.63) is 56.5 Å². The monoisotopic (exact) mass is 400 g/mol. The number of aromatic nitrogens is 4. The molecule has 144 valence electrons. The van der Waals surface area contributed by atoms with E-state index in [0.29, 0.717) is 11.4 Å². The van der Waals surface area contributed by atoms with E-state index in [2.05, 4.69) is 10.9 Å². The fourth-order valence-electron chi connectivity index (χ4n) is 2.76. The summed E-state index contributed by atoms with van der Waals surface area (Å²) in [6.07, 6.45) is 8.52. The number of rotatable bonds is 4. The molecule has 1 N–H and O–H groups in total. The van der Waals surface area contributed by atoms with E-state index in [4.69, 9.17) is 11.0 Å². The summed E-state index contributed by atoms with van der Waals surface area (Å²) < 4.78 is 34.9. The first-order valence-corrected chi connectivity index (χ1v) is 9.44. The zero-order valence-electron chi connectivity index (χ0n) is 15.0. The molecule has 0 aliphatic carbocycles. The van der Waals surface area contributed by atoms with E-state index in [9.17, 15) is 18.0 Å². The molecule has 0 amide bonds. The van der Waals surface area contributed by atoms with E-state index in [1.165, 1.54) is 35.9 Å². The van der Waals surface area contributed by atoms with Crippen molar-refractivity contribution >= 4 is 33.4 Å². The molecule has 0 radical (unpaired) electrons. The normalized spacial score (nSPS) is 11.9. The van der Waals surface area contributed by atoms with Gasteiger partial charge in [-0.25, -0.2) is 14.3 Å². The van der Waals surface area contributed by atoms with Gasteiger partial charge in [0.25, 0.3) is 15.7 Å². The lowest BCUT2D eigenvalue weighted by molar-refractivity contribution is 0.483. The van der Waals surface area contributed by atoms with Crippen LogP contribution in [0.1, 0.15) is 11.4 Å². The van der Waals surface area contributed by atoms with Gasteiger partial charge in [-0.1, -0.05) is 24.1 Å². The van der Waals surface area contributed by atoms with Gasteiger partial charge in [0.2, 0.25) is 0 Å². The Balaban J connectivity index is 2.09. The summed E-state index contributed by atoms with van der Waals surface area (Å²) in [4.78, 5) is 29.1. The molecule has 0 unspecified atom stereocenters. The second-order valence-corrected chi connectivity index (χ2v) is 7.44. The van der Waals surface area contributed by atoms with Crippen molar-refractivity contribution in [3.8, 4) is 12.3 Å². The van der Waals surface area contributed by atoms with Crippen molar-refractivity contribution in [2.75, 3.05) is 0 Å². The van der Waals surface area contributed by atoms with Gasteiger partial charge in [0.1, 0.15) is 5.82 Å². The van der Waals surface area contributed by atoms with Crippen LogP contribution in [0, 0.1) is 12.3 Å². The highest BCUT2D eigenvalue weighted by atomic mass is 32.2. The van der Waals surface area contributed by atoms with Crippen LogP contribution in [-0.2, 0) is 30.8 Å². The molecule has 0 saturated carbocycles. The summed E-state index contributed by atoms with van der Waals surface area (Å²) in [5.74, 6) is 2.71. The van der Waals surface area contributed by atoms with Crippen LogP contribution in [0.25, 0.3) is 23.3 Å². The summed E-state index contributed by atoms with van der Waals surface area (Å²) >= 11 is 0. The molecule has 0 spiro atoms. The van der Waals surface area contributed by atoms with Gasteiger partial charge >= 0.3 is 5.69 Å². The SMILES string of the molecule is C#CCn1c(=O)c2c(nc(/C=C/c3ccc(S(=O)(=O)O)cc3)n2C)n(C)c1=O. The number of aryl methyl sites for hydroxylation is 2. The van der Waals surface area contributed by atoms with Crippen LogP contribution in [0.4, 0.5) is 0 Å². The number of hydrogen-bond donors (Lipinski definition) is 1. The molecule has 2 heterocycles. The van der Waals surface area contributed by atoms with Gasteiger partial charge in [-0.2, -0.15) is 8.42 Å². The fourth-order valence-corrected chi connectivity index (χ4v) is 3.24. The standard InChI is InChI=1S/C18H16N4O5S/c1-4-11-22-17(23)15-16(21(3)18(22)24)19-14(20(15)2)10-7-12-5-8-13(9-6-12)28(25,26)27/h1,5-10H,11H2,2-3H3,(H,25,26,27)/b10-7+. The zero-order valence-corrected chi connectivity index (χ0v) is 15.8. The van der Waals surface area contributed by atoms with Gasteiger partial charge in [0, 0.05) is 14.1 Å². The highest BCUT2D eigenvalue weighted by Crippen LogP contribution is 2.15. The molecule has 0 atom stereocenters. The van der Waals surface area contributed by atoms with Crippen molar-refractivity contribution in [1.82, 2.24) is 18.7 Å². The summed E-state index contributed by atoms with van der Waals surface area (Å²) in [6, 6.07) is 5.56. The molecule has 2 aromatic heterocycles. The lowest BCUT2D eigenvalue weighted by atomic mass is 10.2. The molecule has 3 rings (SSSR count). The highest BCUT2D eigenvalue weighted by Gasteiger charge is 2.17. The molecule has 0 saturated heterocycles. The number of terminal acetylenes is 1. The summed E-state index contributed by atoms with van der Waals surface area (Å²) in [5, 5.41) is 0. The molecule has 1 aromatic carbocycles. The molecule has 3 aromatic rings. The Kier molecular flexibility index (Phi) is 4.80. The molecule has 0 bridgehead atoms. The Morgan fingerprint density at radius 3 is 2.36 bits per heavy atom. The van der Waals surface area contributed by atoms with E-state index in [0.717, 1.165) is 4.57 Å². The van der Waals surface area contributed by atoms with Gasteiger partial charge in [-0.3, -0.25) is 13.9 Å². The topological polar surface area (TPSA) is 116 Å². The van der Waals surface area contributed by atoms with Gasteiger partial charge in [0.05, 0.1) is 11.4 Å². The van der Waals surface area contributed by atoms with Crippen molar-refractivity contribution in [1.29, 1.82) is 0 Å². The lowest BCUT2D eigenvalue weighted by Gasteiger charge is -2.05. The number of fused-ring (bicyclic) bond motifs is 1. The predicted octanol–water partition coefficient (Wildman–Crippen LogP) is 0.484. The maximum Gasteiger partial charge on any atom is 0.333 e. The first-order valence-electron chi connectivity index (χ1n) is 8.00. The molecular formula is C18H16N4O5S. The van der Waals surface area contributed by atoms with Crippen LogP contribution < -0.4 is 11.2 Å². The molecule has 0 fully saturated rings. The molecule has 0 aliphatic rings. The van der Waals surface area contributed by atoms with E-state index < -0.39 is 21.4 Å². The fraction of sp³-hybridized carbons (Fsp3) is 0.167. The average molecular weight is 400 g/mol. The highest BCUT2D eigenvalue weighted by molar-refractivity contribution is 7.85. The van der Waals surface area contributed by atoms with Crippen molar-refractivity contribution in [2.45, 2.75) is 11.4 Å². The van der Waals surface area contributed by atoms with E-state index in [1.807, 2.05) is 0 Å². The van der Waals surface area contributed by atoms with E-state index >= 15 is 0 Å². The van der Waals surface area contributed by atoms with E-state index in [-0.39, 0.29) is 22.6 Å². The quantitative estimate of drug-likeness (QED) is 0.503. The largest absolute Gasteiger partial charge is 0.333 e. The average Bonchev–Trinajstić information content (AvgIpc) is 2.98. The van der Waals surface area contributed by atoms with Crippen molar-refractivity contribution in [3.63, 3.8) is 0 Å². The number of nitrogens with zero attached hydrogens (tertiary/aromatic N) is 4. The van der Waals surface area contributed by atoms with Gasteiger partial charge in [0.15, 0.2) is 11.2 Å². The Bertz CT molecular complexity index is 1370. The zero-order chi connectivity index (χ0) is 20.6. The number of hydrogen-bond acceptors (Lipinski definition) is 5. The van der Waals surface area contributed by atoms with Crippen LogP contribution in [0.5, 0.6) is 0 Å². The van der Waals surface area contributed by atoms with E-state index in [1.54, 1.807) is 23.8 Å². The Morgan fingerprint density at radius 1 is 1.14 bits per heavy atom. The van der Waals surface area contributed by atoms with Gasteiger partial charge < -0.3 is 4.57 Å². The van der Waals surface area contributed by atoms with Crippen LogP contribution in [0.3, 0.4) is 0 Å². The summed E-state index contributed by atoms with van der Waals surface area (Å²) in [5.41, 5.74) is 0.0389.